The Morgan fingerprint density at radius 3 is 2.63 bits per heavy atom. The molecule has 1 N–H and O–H groups in total. The van der Waals surface area contributed by atoms with Crippen LogP contribution in [0.25, 0.3) is 11.1 Å². The number of para-hydroxylation sites is 2. The molecule has 6 heteroatoms. The van der Waals surface area contributed by atoms with Gasteiger partial charge in [0.2, 0.25) is 5.89 Å². The van der Waals surface area contributed by atoms with E-state index in [4.69, 9.17) is 14.4 Å². The first-order chi connectivity index (χ1) is 13.0. The van der Waals surface area contributed by atoms with Gasteiger partial charge in [0, 0.05) is 0 Å². The number of benzene rings is 2. The highest BCUT2D eigenvalue weighted by Crippen LogP contribution is 2.24. The fourth-order valence-corrected chi connectivity index (χ4v) is 2.74. The maximum atomic E-state index is 12.4. The molecule has 0 aliphatic rings. The Hall–Kier alpha value is -3.33. The molecule has 1 atom stereocenters. The van der Waals surface area contributed by atoms with Gasteiger partial charge in [0.25, 0.3) is 5.91 Å². The number of ether oxygens (including phenoxy) is 1. The predicted molar refractivity (Wildman–Crippen MR) is 101 cm³/mol. The first-order valence-corrected chi connectivity index (χ1v) is 8.83. The zero-order chi connectivity index (χ0) is 19.2. The van der Waals surface area contributed by atoms with E-state index >= 15 is 0 Å². The fourth-order valence-electron chi connectivity index (χ4n) is 2.74. The number of carbonyl (C=O) groups is 1. The lowest BCUT2D eigenvalue weighted by molar-refractivity contribution is -0.124. The van der Waals surface area contributed by atoms with E-state index in [1.54, 1.807) is 24.3 Å². The van der Waals surface area contributed by atoms with Crippen LogP contribution < -0.4 is 10.1 Å². The van der Waals surface area contributed by atoms with E-state index in [0.717, 1.165) is 5.52 Å². The molecule has 3 aromatic rings. The molecule has 6 nitrogen and oxygen atoms in total. The molecule has 27 heavy (non-hydrogen) atoms. The van der Waals surface area contributed by atoms with Crippen molar-refractivity contribution in [3.8, 4) is 11.8 Å². The van der Waals surface area contributed by atoms with Crippen LogP contribution in [-0.2, 0) is 4.79 Å². The van der Waals surface area contributed by atoms with E-state index in [-0.39, 0.29) is 18.6 Å². The maximum Gasteiger partial charge on any atom is 0.258 e. The molecule has 138 valence electrons. The number of rotatable bonds is 7. The van der Waals surface area contributed by atoms with Crippen LogP contribution in [0.4, 0.5) is 0 Å². The SMILES string of the molecule is CC(C)C[C@@H](NC(=O)COc1ccc(C#N)cc1)c1nc2ccccc2o1. The normalized spacial score (nSPS) is 11.9. The smallest absolute Gasteiger partial charge is 0.258 e. The molecule has 0 saturated carbocycles. The van der Waals surface area contributed by atoms with Crippen molar-refractivity contribution in [2.75, 3.05) is 6.61 Å². The van der Waals surface area contributed by atoms with Crippen LogP contribution in [-0.4, -0.2) is 17.5 Å². The zero-order valence-corrected chi connectivity index (χ0v) is 15.3. The molecule has 1 heterocycles. The van der Waals surface area contributed by atoms with Crippen LogP contribution in [0.5, 0.6) is 5.75 Å². The molecular weight excluding hydrogens is 342 g/mol. The molecule has 0 spiro atoms. The van der Waals surface area contributed by atoms with Crippen molar-refractivity contribution in [2.45, 2.75) is 26.3 Å². The number of hydrogen-bond donors (Lipinski definition) is 1. The molecule has 0 fully saturated rings. The van der Waals surface area contributed by atoms with Crippen molar-refractivity contribution in [3.63, 3.8) is 0 Å². The molecule has 0 radical (unpaired) electrons. The minimum atomic E-state index is -0.325. The molecule has 0 unspecified atom stereocenters. The Balaban J connectivity index is 1.66. The van der Waals surface area contributed by atoms with Crippen molar-refractivity contribution >= 4 is 17.0 Å². The lowest BCUT2D eigenvalue weighted by Gasteiger charge is -2.17. The second-order valence-electron chi connectivity index (χ2n) is 6.69. The van der Waals surface area contributed by atoms with Gasteiger partial charge >= 0.3 is 0 Å². The fraction of sp³-hybridized carbons (Fsp3) is 0.286. The molecule has 0 saturated heterocycles. The summed E-state index contributed by atoms with van der Waals surface area (Å²) in [7, 11) is 0. The number of fused-ring (bicyclic) bond motifs is 1. The number of oxazole rings is 1. The van der Waals surface area contributed by atoms with Gasteiger partial charge in [-0.1, -0.05) is 26.0 Å². The Morgan fingerprint density at radius 2 is 1.96 bits per heavy atom. The Kier molecular flexibility index (Phi) is 5.72. The van der Waals surface area contributed by atoms with Gasteiger partial charge in [0.15, 0.2) is 12.2 Å². The number of aromatic nitrogens is 1. The number of hydrogen-bond acceptors (Lipinski definition) is 5. The van der Waals surface area contributed by atoms with Crippen molar-refractivity contribution in [3.05, 3.63) is 60.0 Å². The average molecular weight is 363 g/mol. The number of nitriles is 1. The minimum absolute atomic E-state index is 0.124. The van der Waals surface area contributed by atoms with Gasteiger partial charge in [0.05, 0.1) is 11.6 Å². The van der Waals surface area contributed by atoms with E-state index < -0.39 is 0 Å². The molecule has 0 aliphatic carbocycles. The van der Waals surface area contributed by atoms with Crippen LogP contribution in [0.15, 0.2) is 52.9 Å². The summed E-state index contributed by atoms with van der Waals surface area (Å²) in [5, 5.41) is 11.8. The van der Waals surface area contributed by atoms with Gasteiger partial charge in [-0.25, -0.2) is 4.98 Å². The van der Waals surface area contributed by atoms with Gasteiger partial charge in [-0.15, -0.1) is 0 Å². The first kappa shape index (κ1) is 18.5. The van der Waals surface area contributed by atoms with Gasteiger partial charge in [-0.2, -0.15) is 5.26 Å². The van der Waals surface area contributed by atoms with Crippen molar-refractivity contribution < 1.29 is 13.9 Å². The summed E-state index contributed by atoms with van der Waals surface area (Å²) in [4.78, 5) is 16.9. The van der Waals surface area contributed by atoms with Crippen LogP contribution in [0.3, 0.4) is 0 Å². The quantitative estimate of drug-likeness (QED) is 0.686. The van der Waals surface area contributed by atoms with Crippen molar-refractivity contribution in [2.24, 2.45) is 5.92 Å². The van der Waals surface area contributed by atoms with E-state index in [1.165, 1.54) is 0 Å². The van der Waals surface area contributed by atoms with Gasteiger partial charge in [-0.3, -0.25) is 4.79 Å². The van der Waals surface area contributed by atoms with Gasteiger partial charge in [-0.05, 0) is 48.7 Å². The third-order valence-electron chi connectivity index (χ3n) is 4.00. The van der Waals surface area contributed by atoms with Crippen molar-refractivity contribution in [1.29, 1.82) is 5.26 Å². The maximum absolute atomic E-state index is 12.4. The topological polar surface area (TPSA) is 88.1 Å². The standard InChI is InChI=1S/C21H21N3O3/c1-14(2)11-18(21-24-17-5-3-4-6-19(17)27-21)23-20(25)13-26-16-9-7-15(12-22)8-10-16/h3-10,14,18H,11,13H2,1-2H3,(H,23,25)/t18-/m1/s1. The zero-order valence-electron chi connectivity index (χ0n) is 15.3. The molecule has 3 rings (SSSR count). The first-order valence-electron chi connectivity index (χ1n) is 8.83. The summed E-state index contributed by atoms with van der Waals surface area (Å²) in [5.41, 5.74) is 2.01. The molecular formula is C21H21N3O3. The van der Waals surface area contributed by atoms with Crippen LogP contribution in [0.2, 0.25) is 0 Å². The largest absolute Gasteiger partial charge is 0.484 e. The summed E-state index contributed by atoms with van der Waals surface area (Å²) in [5.74, 6) is 1.13. The Bertz CT molecular complexity index is 922. The summed E-state index contributed by atoms with van der Waals surface area (Å²) in [6.07, 6.45) is 0.704. The van der Waals surface area contributed by atoms with E-state index in [2.05, 4.69) is 24.1 Å². The molecule has 1 amide bonds. The average Bonchev–Trinajstić information content (AvgIpc) is 3.10. The summed E-state index contributed by atoms with van der Waals surface area (Å²) < 4.78 is 11.3. The second-order valence-corrected chi connectivity index (χ2v) is 6.69. The highest BCUT2D eigenvalue weighted by atomic mass is 16.5. The molecule has 2 aromatic carbocycles. The van der Waals surface area contributed by atoms with Crippen LogP contribution in [0, 0.1) is 17.2 Å². The lowest BCUT2D eigenvalue weighted by Crippen LogP contribution is -2.33. The Labute approximate surface area is 157 Å². The molecule has 0 bridgehead atoms. The number of nitrogens with one attached hydrogen (secondary N) is 1. The monoisotopic (exact) mass is 363 g/mol. The highest BCUT2D eigenvalue weighted by Gasteiger charge is 2.22. The van der Waals surface area contributed by atoms with Gasteiger partial charge < -0.3 is 14.5 Å². The van der Waals surface area contributed by atoms with Crippen molar-refractivity contribution in [1.82, 2.24) is 10.3 Å². The summed E-state index contributed by atoms with van der Waals surface area (Å²) >= 11 is 0. The molecule has 1 aromatic heterocycles. The van der Waals surface area contributed by atoms with E-state index in [1.807, 2.05) is 30.3 Å². The second kappa shape index (κ2) is 8.37. The van der Waals surface area contributed by atoms with E-state index in [0.29, 0.717) is 35.1 Å². The molecule has 0 aliphatic heterocycles. The highest BCUT2D eigenvalue weighted by molar-refractivity contribution is 5.78. The van der Waals surface area contributed by atoms with Gasteiger partial charge in [0.1, 0.15) is 17.3 Å². The van der Waals surface area contributed by atoms with Crippen LogP contribution in [0.1, 0.15) is 37.8 Å². The predicted octanol–water partition coefficient (Wildman–Crippen LogP) is 3.98. The minimum Gasteiger partial charge on any atom is -0.484 e. The third-order valence-corrected chi connectivity index (χ3v) is 4.00. The lowest BCUT2D eigenvalue weighted by atomic mass is 10.0. The number of carbonyl (C=O) groups excluding carboxylic acids is 1. The summed E-state index contributed by atoms with van der Waals surface area (Å²) in [6, 6.07) is 15.9. The summed E-state index contributed by atoms with van der Waals surface area (Å²) in [6.45, 7) is 4.03. The van der Waals surface area contributed by atoms with Crippen LogP contribution >= 0.6 is 0 Å². The number of amides is 1. The third kappa shape index (κ3) is 4.85. The Morgan fingerprint density at radius 1 is 1.22 bits per heavy atom. The van der Waals surface area contributed by atoms with E-state index in [9.17, 15) is 4.79 Å². The number of nitrogens with zero attached hydrogens (tertiary/aromatic N) is 2.